The molecule has 0 radical (unpaired) electrons. The van der Waals surface area contributed by atoms with Gasteiger partial charge >= 0.3 is 5.97 Å². The van der Waals surface area contributed by atoms with Crippen molar-refractivity contribution in [2.75, 3.05) is 20.7 Å². The van der Waals surface area contributed by atoms with Crippen LogP contribution < -0.4 is 5.32 Å². The van der Waals surface area contributed by atoms with Crippen molar-refractivity contribution in [1.29, 1.82) is 0 Å². The lowest BCUT2D eigenvalue weighted by molar-refractivity contribution is -0.148. The lowest BCUT2D eigenvalue weighted by Gasteiger charge is -2.34. The first-order valence-corrected chi connectivity index (χ1v) is 7.70. The van der Waals surface area contributed by atoms with E-state index in [4.69, 9.17) is 4.74 Å². The summed E-state index contributed by atoms with van der Waals surface area (Å²) in [6.07, 6.45) is 8.26. The Balaban J connectivity index is 2.04. The van der Waals surface area contributed by atoms with Crippen LogP contribution in [0.3, 0.4) is 0 Å². The molecule has 0 saturated heterocycles. The van der Waals surface area contributed by atoms with Gasteiger partial charge in [-0.3, -0.25) is 9.69 Å². The summed E-state index contributed by atoms with van der Waals surface area (Å²) in [5, 5.41) is 3.23. The van der Waals surface area contributed by atoms with E-state index in [0.717, 1.165) is 31.8 Å². The van der Waals surface area contributed by atoms with E-state index in [1.807, 2.05) is 7.05 Å². The summed E-state index contributed by atoms with van der Waals surface area (Å²) in [5.41, 5.74) is -0.453. The second-order valence-corrected chi connectivity index (χ2v) is 5.99. The van der Waals surface area contributed by atoms with Gasteiger partial charge in [-0.25, -0.2) is 0 Å². The quantitative estimate of drug-likeness (QED) is 0.774. The van der Waals surface area contributed by atoms with Crippen LogP contribution in [-0.4, -0.2) is 49.2 Å². The number of nitrogens with one attached hydrogen (secondary N) is 1. The van der Waals surface area contributed by atoms with E-state index in [1.54, 1.807) is 0 Å². The average molecular weight is 268 g/mol. The highest BCUT2D eigenvalue weighted by atomic mass is 16.5. The van der Waals surface area contributed by atoms with Crippen molar-refractivity contribution >= 4 is 5.97 Å². The summed E-state index contributed by atoms with van der Waals surface area (Å²) in [4.78, 5) is 14.7. The van der Waals surface area contributed by atoms with Crippen LogP contribution in [0.1, 0.15) is 51.9 Å². The molecular weight excluding hydrogens is 240 g/mol. The zero-order chi connectivity index (χ0) is 13.9. The normalized spacial score (nSPS) is 32.1. The van der Waals surface area contributed by atoms with Crippen LogP contribution >= 0.6 is 0 Å². The van der Waals surface area contributed by atoms with E-state index in [2.05, 4.69) is 17.1 Å². The van der Waals surface area contributed by atoms with Crippen LogP contribution in [0.5, 0.6) is 0 Å². The molecule has 2 saturated carbocycles. The van der Waals surface area contributed by atoms with Gasteiger partial charge in [-0.05, 0) is 45.7 Å². The van der Waals surface area contributed by atoms with Crippen LogP contribution in [-0.2, 0) is 9.53 Å². The van der Waals surface area contributed by atoms with Crippen LogP contribution in [0, 0.1) is 0 Å². The fraction of sp³-hybridized carbons (Fsp3) is 0.933. The summed E-state index contributed by atoms with van der Waals surface area (Å²) in [5.74, 6) is -0.0972. The molecule has 2 atom stereocenters. The predicted octanol–water partition coefficient (Wildman–Crippen LogP) is 1.93. The molecular formula is C15H28N2O2. The van der Waals surface area contributed by atoms with Crippen molar-refractivity contribution in [3.05, 3.63) is 0 Å². The molecule has 4 heteroatoms. The number of likely N-dealkylation sites (N-methyl/N-ethyl adjacent to an activating group) is 1. The van der Waals surface area contributed by atoms with Gasteiger partial charge in [0.15, 0.2) is 0 Å². The van der Waals surface area contributed by atoms with Crippen molar-refractivity contribution in [2.45, 2.75) is 69.5 Å². The standard InChI is InChI=1S/C15H28N2O2/c1-4-17(12-7-5-6-8-12)13-9-10-15(11-13,16-2)14(18)19-3/h12-13,16H,4-11H2,1-3H3. The topological polar surface area (TPSA) is 41.6 Å². The Kier molecular flexibility index (Phi) is 4.85. The monoisotopic (exact) mass is 268 g/mol. The molecule has 2 unspecified atom stereocenters. The Morgan fingerprint density at radius 1 is 1.32 bits per heavy atom. The molecule has 0 amide bonds. The fourth-order valence-electron chi connectivity index (χ4n) is 4.06. The van der Waals surface area contributed by atoms with E-state index in [1.165, 1.54) is 32.8 Å². The molecule has 19 heavy (non-hydrogen) atoms. The minimum Gasteiger partial charge on any atom is -0.468 e. The molecule has 0 bridgehead atoms. The van der Waals surface area contributed by atoms with E-state index in [0.29, 0.717) is 6.04 Å². The smallest absolute Gasteiger partial charge is 0.326 e. The highest BCUT2D eigenvalue weighted by Gasteiger charge is 2.47. The molecule has 0 aromatic heterocycles. The Morgan fingerprint density at radius 2 is 2.00 bits per heavy atom. The summed E-state index contributed by atoms with van der Waals surface area (Å²) >= 11 is 0. The van der Waals surface area contributed by atoms with Crippen LogP contribution in [0.25, 0.3) is 0 Å². The SMILES string of the molecule is CCN(C1CCCC1)C1CCC(NC)(C(=O)OC)C1. The zero-order valence-corrected chi connectivity index (χ0v) is 12.6. The molecule has 2 aliphatic carbocycles. The highest BCUT2D eigenvalue weighted by Crippen LogP contribution is 2.37. The molecule has 0 aromatic rings. The fourth-order valence-corrected chi connectivity index (χ4v) is 4.06. The number of ether oxygens (including phenoxy) is 1. The van der Waals surface area contributed by atoms with Crippen molar-refractivity contribution in [2.24, 2.45) is 0 Å². The van der Waals surface area contributed by atoms with Gasteiger partial charge in [0.2, 0.25) is 0 Å². The number of rotatable bonds is 5. The number of hydrogen-bond donors (Lipinski definition) is 1. The van der Waals surface area contributed by atoms with Gasteiger partial charge < -0.3 is 10.1 Å². The third-order valence-electron chi connectivity index (χ3n) is 5.17. The van der Waals surface area contributed by atoms with E-state index in [-0.39, 0.29) is 5.97 Å². The van der Waals surface area contributed by atoms with Gasteiger partial charge in [0.25, 0.3) is 0 Å². The maximum atomic E-state index is 12.0. The Morgan fingerprint density at radius 3 is 2.53 bits per heavy atom. The van der Waals surface area contributed by atoms with Gasteiger partial charge in [0, 0.05) is 12.1 Å². The third kappa shape index (κ3) is 2.79. The van der Waals surface area contributed by atoms with Crippen LogP contribution in [0.2, 0.25) is 0 Å². The molecule has 110 valence electrons. The van der Waals surface area contributed by atoms with E-state index in [9.17, 15) is 4.79 Å². The van der Waals surface area contributed by atoms with Gasteiger partial charge in [-0.1, -0.05) is 19.8 Å². The maximum absolute atomic E-state index is 12.0. The molecule has 2 rings (SSSR count). The number of esters is 1. The Hall–Kier alpha value is -0.610. The minimum atomic E-state index is -0.453. The first kappa shape index (κ1) is 14.8. The first-order chi connectivity index (χ1) is 9.16. The predicted molar refractivity (Wildman–Crippen MR) is 76.1 cm³/mol. The average Bonchev–Trinajstić information content (AvgIpc) is 3.09. The van der Waals surface area contributed by atoms with Gasteiger partial charge in [-0.15, -0.1) is 0 Å². The van der Waals surface area contributed by atoms with Crippen molar-refractivity contribution < 1.29 is 9.53 Å². The Bertz CT molecular complexity index is 315. The molecule has 2 fully saturated rings. The largest absolute Gasteiger partial charge is 0.468 e. The maximum Gasteiger partial charge on any atom is 0.326 e. The molecule has 0 heterocycles. The second kappa shape index (κ2) is 6.23. The molecule has 1 N–H and O–H groups in total. The molecule has 2 aliphatic rings. The van der Waals surface area contributed by atoms with Crippen LogP contribution in [0.15, 0.2) is 0 Å². The van der Waals surface area contributed by atoms with Gasteiger partial charge in [0.1, 0.15) is 5.54 Å². The lowest BCUT2D eigenvalue weighted by Crippen LogP contribution is -2.51. The molecule has 4 nitrogen and oxygen atoms in total. The van der Waals surface area contributed by atoms with E-state index < -0.39 is 5.54 Å². The summed E-state index contributed by atoms with van der Waals surface area (Å²) in [6.45, 7) is 3.34. The molecule has 0 aromatic carbocycles. The number of carbonyl (C=O) groups is 1. The number of methoxy groups -OCH3 is 1. The van der Waals surface area contributed by atoms with Gasteiger partial charge in [-0.2, -0.15) is 0 Å². The molecule has 0 aliphatic heterocycles. The summed E-state index contributed by atoms with van der Waals surface area (Å²) in [6, 6.07) is 1.26. The summed E-state index contributed by atoms with van der Waals surface area (Å²) < 4.78 is 5.00. The van der Waals surface area contributed by atoms with Gasteiger partial charge in [0.05, 0.1) is 7.11 Å². The number of nitrogens with zero attached hydrogens (tertiary/aromatic N) is 1. The Labute approximate surface area is 116 Å². The lowest BCUT2D eigenvalue weighted by atomic mass is 9.97. The second-order valence-electron chi connectivity index (χ2n) is 5.99. The van der Waals surface area contributed by atoms with Crippen molar-refractivity contribution in [3.8, 4) is 0 Å². The number of carbonyl (C=O) groups excluding carboxylic acids is 1. The zero-order valence-electron chi connectivity index (χ0n) is 12.6. The number of hydrogen-bond acceptors (Lipinski definition) is 4. The van der Waals surface area contributed by atoms with Crippen LogP contribution in [0.4, 0.5) is 0 Å². The highest BCUT2D eigenvalue weighted by molar-refractivity contribution is 5.81. The minimum absolute atomic E-state index is 0.0972. The molecule has 0 spiro atoms. The third-order valence-corrected chi connectivity index (χ3v) is 5.17. The first-order valence-electron chi connectivity index (χ1n) is 7.70. The van der Waals surface area contributed by atoms with E-state index >= 15 is 0 Å². The van der Waals surface area contributed by atoms with Crippen molar-refractivity contribution in [3.63, 3.8) is 0 Å². The van der Waals surface area contributed by atoms with Crippen molar-refractivity contribution in [1.82, 2.24) is 10.2 Å². The summed E-state index contributed by atoms with van der Waals surface area (Å²) in [7, 11) is 3.37.